The Morgan fingerprint density at radius 2 is 1.87 bits per heavy atom. The van der Waals surface area contributed by atoms with E-state index in [0.29, 0.717) is 0 Å². The molecule has 0 unspecified atom stereocenters. The number of rotatable bonds is 8. The lowest BCUT2D eigenvalue weighted by atomic mass is 10.1. The first-order valence-electron chi connectivity index (χ1n) is 6.52. The molecule has 23 heavy (non-hydrogen) atoms. The largest absolute Gasteiger partial charge is 0.489 e. The minimum Gasteiger partial charge on any atom is -0.489 e. The number of hydrogen-bond acceptors (Lipinski definition) is 6. The first-order chi connectivity index (χ1) is 10.9. The van der Waals surface area contributed by atoms with Gasteiger partial charge in [0.2, 0.25) is 0 Å². The Hall–Kier alpha value is -3.09. The summed E-state index contributed by atoms with van der Waals surface area (Å²) < 4.78 is 15.0. The molecule has 0 atom stereocenters. The third kappa shape index (κ3) is 5.31. The molecule has 0 fully saturated rings. The zero-order chi connectivity index (χ0) is 17.4. The van der Waals surface area contributed by atoms with Crippen LogP contribution in [0, 0.1) is 0 Å². The van der Waals surface area contributed by atoms with Crippen molar-refractivity contribution in [3.8, 4) is 11.5 Å². The Labute approximate surface area is 132 Å². The van der Waals surface area contributed by atoms with Crippen molar-refractivity contribution >= 4 is 17.9 Å². The van der Waals surface area contributed by atoms with E-state index in [0.717, 1.165) is 6.08 Å². The molecule has 0 saturated carbocycles. The second kappa shape index (κ2) is 8.38. The number of carboxylic acids is 1. The molecule has 0 spiro atoms. The number of carboxylic acid groups (broad SMARTS) is 1. The van der Waals surface area contributed by atoms with Gasteiger partial charge in [-0.15, -0.1) is 0 Å². The molecular formula is C16H16O7. The number of hydrogen-bond donors (Lipinski definition) is 1. The van der Waals surface area contributed by atoms with Gasteiger partial charge < -0.3 is 19.3 Å². The molecule has 1 rings (SSSR count). The molecule has 1 aromatic rings. The summed E-state index contributed by atoms with van der Waals surface area (Å²) in [6, 6.07) is 4.20. The van der Waals surface area contributed by atoms with Crippen LogP contribution in [0.4, 0.5) is 0 Å². The van der Waals surface area contributed by atoms with E-state index in [9.17, 15) is 19.5 Å². The van der Waals surface area contributed by atoms with Crippen LogP contribution in [0.25, 0.3) is 0 Å². The maximum Gasteiger partial charge on any atom is 0.343 e. The van der Waals surface area contributed by atoms with E-state index in [-0.39, 0.29) is 35.8 Å². The molecule has 1 N–H and O–H groups in total. The van der Waals surface area contributed by atoms with Gasteiger partial charge >= 0.3 is 17.9 Å². The maximum absolute atomic E-state index is 11.5. The smallest absolute Gasteiger partial charge is 0.343 e. The second-order valence-corrected chi connectivity index (χ2v) is 4.32. The number of carbonyl (C=O) groups is 3. The van der Waals surface area contributed by atoms with Gasteiger partial charge in [0.05, 0.1) is 0 Å². The summed E-state index contributed by atoms with van der Waals surface area (Å²) in [4.78, 5) is 33.8. The summed E-state index contributed by atoms with van der Waals surface area (Å²) in [5.74, 6) is -2.86. The van der Waals surface area contributed by atoms with Crippen LogP contribution in [0.2, 0.25) is 0 Å². The zero-order valence-corrected chi connectivity index (χ0v) is 12.5. The van der Waals surface area contributed by atoms with E-state index in [1.807, 2.05) is 0 Å². The highest BCUT2D eigenvalue weighted by atomic mass is 16.6. The van der Waals surface area contributed by atoms with E-state index >= 15 is 0 Å². The van der Waals surface area contributed by atoms with Crippen molar-refractivity contribution in [3.63, 3.8) is 0 Å². The van der Waals surface area contributed by atoms with Crippen LogP contribution in [0.5, 0.6) is 11.5 Å². The Bertz CT molecular complexity index is 646. The van der Waals surface area contributed by atoms with Crippen LogP contribution in [-0.4, -0.2) is 36.2 Å². The maximum atomic E-state index is 11.5. The third-order valence-electron chi connectivity index (χ3n) is 2.50. The molecule has 0 radical (unpaired) electrons. The highest BCUT2D eigenvalue weighted by molar-refractivity contribution is 5.96. The molecule has 0 saturated heterocycles. The third-order valence-corrected chi connectivity index (χ3v) is 2.50. The lowest BCUT2D eigenvalue weighted by molar-refractivity contribution is -0.138. The van der Waals surface area contributed by atoms with Gasteiger partial charge in [0, 0.05) is 11.6 Å². The Kier molecular flexibility index (Phi) is 6.54. The fourth-order valence-electron chi connectivity index (χ4n) is 1.47. The van der Waals surface area contributed by atoms with Gasteiger partial charge in [0.25, 0.3) is 0 Å². The van der Waals surface area contributed by atoms with Gasteiger partial charge in [0.1, 0.15) is 30.3 Å². The Morgan fingerprint density at radius 3 is 2.43 bits per heavy atom. The first-order valence-corrected chi connectivity index (χ1v) is 6.52. The van der Waals surface area contributed by atoms with E-state index in [4.69, 9.17) is 14.2 Å². The molecule has 1 aromatic carbocycles. The predicted octanol–water partition coefficient (Wildman–Crippen LogP) is 1.97. The number of aromatic carboxylic acids is 1. The van der Waals surface area contributed by atoms with E-state index in [1.165, 1.54) is 25.1 Å². The molecule has 0 aliphatic carbocycles. The van der Waals surface area contributed by atoms with Crippen LogP contribution in [0.3, 0.4) is 0 Å². The minimum absolute atomic E-state index is 0.0147. The average molecular weight is 320 g/mol. The van der Waals surface area contributed by atoms with Crippen LogP contribution in [0.15, 0.2) is 43.0 Å². The van der Waals surface area contributed by atoms with Crippen molar-refractivity contribution in [1.82, 2.24) is 0 Å². The van der Waals surface area contributed by atoms with Gasteiger partial charge in [0.15, 0.2) is 0 Å². The molecular weight excluding hydrogens is 304 g/mol. The van der Waals surface area contributed by atoms with Gasteiger partial charge in [-0.3, -0.25) is 0 Å². The highest BCUT2D eigenvalue weighted by Crippen LogP contribution is 2.29. The standard InChI is InChI=1S/C16H16O7/c1-4-13(17)22-9-8-21-11-6-5-7-12(14(11)15(18)19)23-16(20)10(2)3/h4-7H,1-2,8-9H2,3H3,(H,18,19). The van der Waals surface area contributed by atoms with Crippen LogP contribution in [-0.2, 0) is 14.3 Å². The van der Waals surface area contributed by atoms with Gasteiger partial charge in [-0.05, 0) is 19.1 Å². The van der Waals surface area contributed by atoms with Crippen molar-refractivity contribution in [3.05, 3.63) is 48.6 Å². The fraction of sp³-hybridized carbons (Fsp3) is 0.188. The molecule has 0 aliphatic heterocycles. The SMILES string of the molecule is C=CC(=O)OCCOc1cccc(OC(=O)C(=C)C)c1C(=O)O. The van der Waals surface area contributed by atoms with Gasteiger partial charge in [-0.1, -0.05) is 19.2 Å². The predicted molar refractivity (Wildman–Crippen MR) is 80.5 cm³/mol. The fourth-order valence-corrected chi connectivity index (χ4v) is 1.47. The highest BCUT2D eigenvalue weighted by Gasteiger charge is 2.20. The molecule has 0 heterocycles. The summed E-state index contributed by atoms with van der Waals surface area (Å²) in [6.07, 6.45) is 1.00. The summed E-state index contributed by atoms with van der Waals surface area (Å²) >= 11 is 0. The van der Waals surface area contributed by atoms with Crippen molar-refractivity contribution in [2.45, 2.75) is 6.92 Å². The van der Waals surface area contributed by atoms with E-state index in [2.05, 4.69) is 13.2 Å². The van der Waals surface area contributed by atoms with Gasteiger partial charge in [-0.2, -0.15) is 0 Å². The Balaban J connectivity index is 2.88. The summed E-state index contributed by atoms with van der Waals surface area (Å²) in [6.45, 7) is 7.95. The molecule has 0 bridgehead atoms. The van der Waals surface area contributed by atoms with E-state index < -0.39 is 17.9 Å². The molecule has 7 nitrogen and oxygen atoms in total. The van der Waals surface area contributed by atoms with Crippen LogP contribution >= 0.6 is 0 Å². The average Bonchev–Trinajstić information content (AvgIpc) is 2.50. The zero-order valence-electron chi connectivity index (χ0n) is 12.5. The van der Waals surface area contributed by atoms with Gasteiger partial charge in [-0.25, -0.2) is 14.4 Å². The topological polar surface area (TPSA) is 99.1 Å². The number of esters is 2. The summed E-state index contributed by atoms with van der Waals surface area (Å²) in [7, 11) is 0. The molecule has 0 amide bonds. The van der Waals surface area contributed by atoms with Crippen molar-refractivity contribution in [2.75, 3.05) is 13.2 Å². The molecule has 7 heteroatoms. The monoisotopic (exact) mass is 320 g/mol. The normalized spacial score (nSPS) is 9.61. The molecule has 0 aromatic heterocycles. The number of benzene rings is 1. The summed E-state index contributed by atoms with van der Waals surface area (Å²) in [5, 5.41) is 9.29. The van der Waals surface area contributed by atoms with Crippen LogP contribution in [0.1, 0.15) is 17.3 Å². The number of carbonyl (C=O) groups excluding carboxylic acids is 2. The van der Waals surface area contributed by atoms with E-state index in [1.54, 1.807) is 0 Å². The first kappa shape index (κ1) is 18.0. The van der Waals surface area contributed by atoms with Crippen molar-refractivity contribution < 1.29 is 33.7 Å². The van der Waals surface area contributed by atoms with Crippen molar-refractivity contribution in [2.24, 2.45) is 0 Å². The van der Waals surface area contributed by atoms with Crippen molar-refractivity contribution in [1.29, 1.82) is 0 Å². The lowest BCUT2D eigenvalue weighted by Crippen LogP contribution is -2.14. The molecule has 0 aliphatic rings. The number of ether oxygens (including phenoxy) is 3. The second-order valence-electron chi connectivity index (χ2n) is 4.32. The molecule has 122 valence electrons. The minimum atomic E-state index is -1.33. The Morgan fingerprint density at radius 1 is 1.22 bits per heavy atom. The lowest BCUT2D eigenvalue weighted by Gasteiger charge is -2.12. The quantitative estimate of drug-likeness (QED) is 0.338. The van der Waals surface area contributed by atoms with Crippen LogP contribution < -0.4 is 9.47 Å². The summed E-state index contributed by atoms with van der Waals surface area (Å²) in [5.41, 5.74) is -0.179.